The van der Waals surface area contributed by atoms with Crippen LogP contribution in [0.15, 0.2) is 36.2 Å². The van der Waals surface area contributed by atoms with Gasteiger partial charge in [-0.05, 0) is 47.8 Å². The average Bonchev–Trinajstić information content (AvgIpc) is 2.79. The van der Waals surface area contributed by atoms with Gasteiger partial charge in [-0.25, -0.2) is 0 Å². The molecule has 134 valence electrons. The molecular weight excluding hydrogens is 310 g/mol. The zero-order chi connectivity index (χ0) is 17.4. The summed E-state index contributed by atoms with van der Waals surface area (Å²) in [5, 5.41) is 0. The first-order valence-corrected chi connectivity index (χ1v) is 9.62. The lowest BCUT2D eigenvalue weighted by atomic mass is 9.49. The van der Waals surface area contributed by atoms with Crippen LogP contribution in [0, 0.1) is 17.3 Å². The monoisotopic (exact) mass is 339 g/mol. The summed E-state index contributed by atoms with van der Waals surface area (Å²) >= 11 is 0. The number of carbonyl (C=O) groups is 1. The zero-order valence-electron chi connectivity index (χ0n) is 15.4. The first-order valence-electron chi connectivity index (χ1n) is 9.62. The number of pyridine rings is 1. The molecule has 25 heavy (non-hydrogen) atoms. The fourth-order valence-corrected chi connectivity index (χ4v) is 4.86. The van der Waals surface area contributed by atoms with Crippen LogP contribution in [0.4, 0.5) is 0 Å². The molecule has 1 aromatic heterocycles. The molecule has 1 aromatic rings. The minimum Gasteiger partial charge on any atom is -0.337 e. The molecule has 2 bridgehead atoms. The summed E-state index contributed by atoms with van der Waals surface area (Å²) < 4.78 is 0. The normalized spacial score (nSPS) is 29.0. The molecule has 4 heteroatoms. The lowest BCUT2D eigenvalue weighted by molar-refractivity contribution is -0.130. The van der Waals surface area contributed by atoms with Gasteiger partial charge in [0.25, 0.3) is 0 Å². The highest BCUT2D eigenvalue weighted by Gasteiger charge is 2.51. The number of rotatable bonds is 4. The number of fused-ring (bicyclic) bond motifs is 1. The first-order chi connectivity index (χ1) is 12.0. The lowest BCUT2D eigenvalue weighted by Crippen LogP contribution is -2.50. The summed E-state index contributed by atoms with van der Waals surface area (Å²) in [4.78, 5) is 21.1. The molecule has 4 nitrogen and oxygen atoms in total. The number of aromatic nitrogens is 1. The van der Waals surface area contributed by atoms with E-state index in [9.17, 15) is 4.79 Å². The van der Waals surface area contributed by atoms with Crippen molar-refractivity contribution in [1.82, 2.24) is 14.8 Å². The quantitative estimate of drug-likeness (QED) is 0.791. The van der Waals surface area contributed by atoms with Gasteiger partial charge in [-0.1, -0.05) is 25.5 Å². The maximum atomic E-state index is 12.5. The van der Waals surface area contributed by atoms with Crippen molar-refractivity contribution >= 4 is 5.91 Å². The Morgan fingerprint density at radius 1 is 1.16 bits per heavy atom. The van der Waals surface area contributed by atoms with Crippen LogP contribution < -0.4 is 0 Å². The van der Waals surface area contributed by atoms with E-state index in [4.69, 9.17) is 0 Å². The highest BCUT2D eigenvalue weighted by molar-refractivity contribution is 5.76. The Bertz CT molecular complexity index is 667. The van der Waals surface area contributed by atoms with Gasteiger partial charge in [0, 0.05) is 51.5 Å². The number of hydrogen-bond donors (Lipinski definition) is 0. The topological polar surface area (TPSA) is 36.4 Å². The second-order valence-corrected chi connectivity index (χ2v) is 8.52. The van der Waals surface area contributed by atoms with Gasteiger partial charge < -0.3 is 4.90 Å². The number of allylic oxidation sites excluding steroid dienone is 1. The van der Waals surface area contributed by atoms with Crippen molar-refractivity contribution in [1.29, 1.82) is 0 Å². The molecule has 1 saturated carbocycles. The summed E-state index contributed by atoms with van der Waals surface area (Å²) in [5.41, 5.74) is 3.27. The van der Waals surface area contributed by atoms with Gasteiger partial charge in [-0.3, -0.25) is 14.7 Å². The highest BCUT2D eigenvalue weighted by Crippen LogP contribution is 2.59. The van der Waals surface area contributed by atoms with Gasteiger partial charge >= 0.3 is 0 Å². The minimum absolute atomic E-state index is 0.279. The molecule has 0 spiro atoms. The van der Waals surface area contributed by atoms with Crippen molar-refractivity contribution in [2.75, 3.05) is 26.2 Å². The molecule has 0 radical (unpaired) electrons. The zero-order valence-corrected chi connectivity index (χ0v) is 15.4. The van der Waals surface area contributed by atoms with Crippen LogP contribution in [-0.2, 0) is 11.3 Å². The van der Waals surface area contributed by atoms with Crippen LogP contribution in [0.25, 0.3) is 0 Å². The summed E-state index contributed by atoms with van der Waals surface area (Å²) in [7, 11) is 0. The van der Waals surface area contributed by atoms with Crippen LogP contribution in [0.5, 0.6) is 0 Å². The Kier molecular flexibility index (Phi) is 4.40. The fraction of sp³-hybridized carbons (Fsp3) is 0.619. The third-order valence-electron chi connectivity index (χ3n) is 6.79. The molecule has 2 atom stereocenters. The highest BCUT2D eigenvalue weighted by atomic mass is 16.2. The largest absolute Gasteiger partial charge is 0.337 e. The molecule has 1 aliphatic heterocycles. The third-order valence-corrected chi connectivity index (χ3v) is 6.79. The molecule has 4 aliphatic rings. The van der Waals surface area contributed by atoms with Gasteiger partial charge in [0.05, 0.1) is 0 Å². The maximum absolute atomic E-state index is 12.5. The predicted octanol–water partition coefficient (Wildman–Crippen LogP) is 3.11. The molecule has 0 aromatic carbocycles. The molecular formula is C21H29N3O. The van der Waals surface area contributed by atoms with E-state index in [1.807, 2.05) is 17.0 Å². The molecule has 5 rings (SSSR count). The van der Waals surface area contributed by atoms with Crippen molar-refractivity contribution in [2.45, 2.75) is 39.7 Å². The summed E-state index contributed by atoms with van der Waals surface area (Å²) in [6, 6.07) is 4.00. The van der Waals surface area contributed by atoms with E-state index in [1.165, 1.54) is 12.8 Å². The van der Waals surface area contributed by atoms with E-state index in [-0.39, 0.29) is 5.91 Å². The average molecular weight is 339 g/mol. The number of amides is 1. The molecule has 0 N–H and O–H groups in total. The maximum Gasteiger partial charge on any atom is 0.224 e. The van der Waals surface area contributed by atoms with Crippen molar-refractivity contribution in [3.63, 3.8) is 0 Å². The predicted molar refractivity (Wildman–Crippen MR) is 98.8 cm³/mol. The van der Waals surface area contributed by atoms with Gasteiger partial charge in [0.15, 0.2) is 0 Å². The number of carbonyl (C=O) groups excluding carboxylic acids is 1. The van der Waals surface area contributed by atoms with E-state index in [0.717, 1.165) is 43.6 Å². The van der Waals surface area contributed by atoms with Gasteiger partial charge in [-0.2, -0.15) is 0 Å². The van der Waals surface area contributed by atoms with E-state index < -0.39 is 0 Å². The minimum atomic E-state index is 0.279. The molecule has 3 aliphatic carbocycles. The van der Waals surface area contributed by atoms with Crippen LogP contribution in [0.3, 0.4) is 0 Å². The van der Waals surface area contributed by atoms with Crippen LogP contribution >= 0.6 is 0 Å². The molecule has 1 amide bonds. The van der Waals surface area contributed by atoms with Crippen molar-refractivity contribution < 1.29 is 4.79 Å². The van der Waals surface area contributed by atoms with Crippen LogP contribution in [-0.4, -0.2) is 46.9 Å². The second-order valence-electron chi connectivity index (χ2n) is 8.52. The summed E-state index contributed by atoms with van der Waals surface area (Å²) in [6.45, 7) is 9.31. The van der Waals surface area contributed by atoms with Gasteiger partial charge in [-0.15, -0.1) is 0 Å². The Balaban J connectivity index is 1.36. The van der Waals surface area contributed by atoms with Crippen LogP contribution in [0.2, 0.25) is 0 Å². The van der Waals surface area contributed by atoms with Gasteiger partial charge in [0.2, 0.25) is 5.91 Å². The van der Waals surface area contributed by atoms with Gasteiger partial charge in [0.1, 0.15) is 0 Å². The van der Waals surface area contributed by atoms with E-state index in [2.05, 4.69) is 29.8 Å². The van der Waals surface area contributed by atoms with E-state index in [0.29, 0.717) is 18.4 Å². The number of nitrogens with zero attached hydrogens (tertiary/aromatic N) is 3. The molecule has 2 fully saturated rings. The van der Waals surface area contributed by atoms with E-state index in [1.54, 1.807) is 18.0 Å². The van der Waals surface area contributed by atoms with Crippen molar-refractivity contribution in [3.8, 4) is 0 Å². The standard InChI is InChI=1S/C21H29N3O/c1-21(2)18-4-3-17(19(21)13-18)15-23-10-7-20(25)24(12-11-23)14-16-5-8-22-9-6-16/h3,5-6,8-9,18-19H,4,7,10-15H2,1-2H3/t18-,19-/m0/s1. The molecule has 1 saturated heterocycles. The summed E-state index contributed by atoms with van der Waals surface area (Å²) in [5.74, 6) is 1.93. The molecule has 2 heterocycles. The smallest absolute Gasteiger partial charge is 0.224 e. The Hall–Kier alpha value is -1.68. The Morgan fingerprint density at radius 3 is 2.68 bits per heavy atom. The SMILES string of the molecule is CC1(C)[C@H]2CC=C(CN3CCC(=O)N(Cc4ccncc4)CC3)[C@@H]1C2. The first kappa shape index (κ1) is 16.8. The lowest BCUT2D eigenvalue weighted by Gasteiger charge is -2.57. The molecule has 0 unspecified atom stereocenters. The van der Waals surface area contributed by atoms with Crippen molar-refractivity contribution in [3.05, 3.63) is 41.7 Å². The Labute approximate surface area is 150 Å². The van der Waals surface area contributed by atoms with Crippen LogP contribution in [0.1, 0.15) is 38.7 Å². The fourth-order valence-electron chi connectivity index (χ4n) is 4.86. The number of hydrogen-bond acceptors (Lipinski definition) is 3. The van der Waals surface area contributed by atoms with E-state index >= 15 is 0 Å². The Morgan fingerprint density at radius 2 is 1.96 bits per heavy atom. The summed E-state index contributed by atoms with van der Waals surface area (Å²) in [6.07, 6.45) is 9.35. The second kappa shape index (κ2) is 6.56. The van der Waals surface area contributed by atoms with Crippen molar-refractivity contribution in [2.24, 2.45) is 17.3 Å². The third kappa shape index (κ3) is 3.24.